The number of carbonyl (C=O) groups excluding carboxylic acids is 1. The molecule has 0 unspecified atom stereocenters. The van der Waals surface area contributed by atoms with Gasteiger partial charge in [-0.15, -0.1) is 0 Å². The van der Waals surface area contributed by atoms with Crippen LogP contribution in [0.4, 0.5) is 5.69 Å². The third-order valence-corrected chi connectivity index (χ3v) is 5.09. The first-order valence-electron chi connectivity index (χ1n) is 7.29. The Morgan fingerprint density at radius 3 is 2.62 bits per heavy atom. The summed E-state index contributed by atoms with van der Waals surface area (Å²) in [5, 5.41) is 7.90. The van der Waals surface area contributed by atoms with E-state index < -0.39 is 10.0 Å². The Morgan fingerprint density at radius 1 is 1.33 bits per heavy atom. The second-order valence-electron chi connectivity index (χ2n) is 5.76. The van der Waals surface area contributed by atoms with Gasteiger partial charge in [-0.25, -0.2) is 13.6 Å². The predicted molar refractivity (Wildman–Crippen MR) is 82.4 cm³/mol. The lowest BCUT2D eigenvalue weighted by atomic mass is 10.0. The summed E-state index contributed by atoms with van der Waals surface area (Å²) >= 11 is 0. The zero-order valence-corrected chi connectivity index (χ0v) is 13.1. The first-order valence-corrected chi connectivity index (χ1v) is 8.84. The van der Waals surface area contributed by atoms with Crippen LogP contribution in [0.15, 0.2) is 23.1 Å². The van der Waals surface area contributed by atoms with E-state index in [0.717, 1.165) is 6.42 Å². The van der Waals surface area contributed by atoms with Crippen molar-refractivity contribution in [2.24, 2.45) is 11.1 Å². The molecule has 1 aromatic rings. The van der Waals surface area contributed by atoms with Gasteiger partial charge >= 0.3 is 0 Å². The van der Waals surface area contributed by atoms with E-state index in [2.05, 4.69) is 5.32 Å². The van der Waals surface area contributed by atoms with Gasteiger partial charge in [-0.3, -0.25) is 4.79 Å². The van der Waals surface area contributed by atoms with Crippen LogP contribution in [0.2, 0.25) is 0 Å². The standard InChI is InChI=1S/C15H22N2O3S/c1-11-6-8-13(10-14(11)21(16,19)20)17-15(18)9-7-12-4-2-3-5-12/h6,8,10,12H,2-5,7,9H2,1H3,(H,17,18)(H2,16,19,20). The second kappa shape index (κ2) is 6.58. The van der Waals surface area contributed by atoms with Crippen LogP contribution in [0, 0.1) is 12.8 Å². The summed E-state index contributed by atoms with van der Waals surface area (Å²) in [6.45, 7) is 1.67. The van der Waals surface area contributed by atoms with Crippen LogP contribution in [-0.4, -0.2) is 14.3 Å². The molecule has 2 rings (SSSR count). The number of hydrogen-bond acceptors (Lipinski definition) is 3. The zero-order chi connectivity index (χ0) is 15.5. The lowest BCUT2D eigenvalue weighted by Crippen LogP contribution is -2.16. The Balaban J connectivity index is 1.97. The van der Waals surface area contributed by atoms with Gasteiger partial charge in [0, 0.05) is 12.1 Å². The van der Waals surface area contributed by atoms with Crippen molar-refractivity contribution in [3.63, 3.8) is 0 Å². The number of primary sulfonamides is 1. The molecule has 0 radical (unpaired) electrons. The van der Waals surface area contributed by atoms with Crippen LogP contribution in [0.3, 0.4) is 0 Å². The monoisotopic (exact) mass is 310 g/mol. The van der Waals surface area contributed by atoms with E-state index >= 15 is 0 Å². The number of amides is 1. The van der Waals surface area contributed by atoms with Gasteiger partial charge in [-0.1, -0.05) is 31.7 Å². The van der Waals surface area contributed by atoms with Gasteiger partial charge in [-0.05, 0) is 37.0 Å². The molecule has 1 amide bonds. The number of sulfonamides is 1. The molecule has 1 saturated carbocycles. The van der Waals surface area contributed by atoms with Gasteiger partial charge in [-0.2, -0.15) is 0 Å². The normalized spacial score (nSPS) is 16.1. The molecule has 116 valence electrons. The summed E-state index contributed by atoms with van der Waals surface area (Å²) < 4.78 is 22.9. The maximum absolute atomic E-state index is 11.9. The number of benzene rings is 1. The second-order valence-corrected chi connectivity index (χ2v) is 7.29. The Bertz CT molecular complexity index is 620. The number of carbonyl (C=O) groups is 1. The highest BCUT2D eigenvalue weighted by Crippen LogP contribution is 2.28. The summed E-state index contributed by atoms with van der Waals surface area (Å²) in [5.41, 5.74) is 1.04. The molecule has 0 aliphatic heterocycles. The third kappa shape index (κ3) is 4.54. The molecule has 0 heterocycles. The summed E-state index contributed by atoms with van der Waals surface area (Å²) in [5.74, 6) is 0.583. The molecule has 1 fully saturated rings. The van der Waals surface area contributed by atoms with E-state index in [1.54, 1.807) is 19.1 Å². The number of nitrogens with one attached hydrogen (secondary N) is 1. The molecule has 21 heavy (non-hydrogen) atoms. The summed E-state index contributed by atoms with van der Waals surface area (Å²) in [7, 11) is -3.77. The number of hydrogen-bond donors (Lipinski definition) is 2. The van der Waals surface area contributed by atoms with Gasteiger partial charge in [0.05, 0.1) is 4.90 Å². The van der Waals surface area contributed by atoms with Crippen molar-refractivity contribution in [3.8, 4) is 0 Å². The number of rotatable bonds is 5. The molecular weight excluding hydrogens is 288 g/mol. The van der Waals surface area contributed by atoms with E-state index in [0.29, 0.717) is 23.6 Å². The van der Waals surface area contributed by atoms with E-state index in [4.69, 9.17) is 5.14 Å². The maximum Gasteiger partial charge on any atom is 0.238 e. The van der Waals surface area contributed by atoms with Gasteiger partial charge in [0.15, 0.2) is 0 Å². The summed E-state index contributed by atoms with van der Waals surface area (Å²) in [4.78, 5) is 12.0. The van der Waals surface area contributed by atoms with Crippen LogP contribution < -0.4 is 10.5 Å². The SMILES string of the molecule is Cc1ccc(NC(=O)CCC2CCCC2)cc1S(N)(=O)=O. The molecule has 0 aromatic heterocycles. The minimum Gasteiger partial charge on any atom is -0.326 e. The highest BCUT2D eigenvalue weighted by molar-refractivity contribution is 7.89. The molecule has 0 bridgehead atoms. The molecule has 3 N–H and O–H groups in total. The topological polar surface area (TPSA) is 89.3 Å². The molecule has 0 atom stereocenters. The van der Waals surface area contributed by atoms with Gasteiger partial charge in [0.2, 0.25) is 15.9 Å². The maximum atomic E-state index is 11.9. The van der Waals surface area contributed by atoms with E-state index in [9.17, 15) is 13.2 Å². The van der Waals surface area contributed by atoms with Crippen LogP contribution in [-0.2, 0) is 14.8 Å². The van der Waals surface area contributed by atoms with Crippen molar-refractivity contribution in [3.05, 3.63) is 23.8 Å². The van der Waals surface area contributed by atoms with Crippen LogP contribution in [0.25, 0.3) is 0 Å². The first kappa shape index (κ1) is 16.0. The van der Waals surface area contributed by atoms with Crippen molar-refractivity contribution in [1.82, 2.24) is 0 Å². The fourth-order valence-electron chi connectivity index (χ4n) is 2.84. The van der Waals surface area contributed by atoms with Crippen molar-refractivity contribution in [2.75, 3.05) is 5.32 Å². The van der Waals surface area contributed by atoms with Crippen molar-refractivity contribution >= 4 is 21.6 Å². The average Bonchev–Trinajstić information content (AvgIpc) is 2.90. The Hall–Kier alpha value is -1.40. The lowest BCUT2D eigenvalue weighted by Gasteiger charge is -2.11. The molecule has 1 aliphatic carbocycles. The number of aryl methyl sites for hydroxylation is 1. The van der Waals surface area contributed by atoms with Crippen LogP contribution >= 0.6 is 0 Å². The van der Waals surface area contributed by atoms with E-state index in [1.165, 1.54) is 31.7 Å². The molecular formula is C15H22N2O3S. The molecule has 5 nitrogen and oxygen atoms in total. The van der Waals surface area contributed by atoms with Crippen molar-refractivity contribution in [1.29, 1.82) is 0 Å². The molecule has 1 aliphatic rings. The first-order chi connectivity index (χ1) is 9.86. The summed E-state index contributed by atoms with van der Waals surface area (Å²) in [6, 6.07) is 4.75. The highest BCUT2D eigenvalue weighted by Gasteiger charge is 2.17. The largest absolute Gasteiger partial charge is 0.326 e. The Morgan fingerprint density at radius 2 is 2.00 bits per heavy atom. The minimum absolute atomic E-state index is 0.0519. The Labute approximate surface area is 126 Å². The molecule has 6 heteroatoms. The highest BCUT2D eigenvalue weighted by atomic mass is 32.2. The number of anilines is 1. The number of nitrogens with two attached hydrogens (primary N) is 1. The molecule has 0 saturated heterocycles. The molecule has 1 aromatic carbocycles. The molecule has 0 spiro atoms. The lowest BCUT2D eigenvalue weighted by molar-refractivity contribution is -0.116. The van der Waals surface area contributed by atoms with Crippen molar-refractivity contribution in [2.45, 2.75) is 50.3 Å². The van der Waals surface area contributed by atoms with Crippen LogP contribution in [0.1, 0.15) is 44.1 Å². The van der Waals surface area contributed by atoms with Crippen LogP contribution in [0.5, 0.6) is 0 Å². The third-order valence-electron chi connectivity index (χ3n) is 4.03. The van der Waals surface area contributed by atoms with Crippen molar-refractivity contribution < 1.29 is 13.2 Å². The van der Waals surface area contributed by atoms with Gasteiger partial charge < -0.3 is 5.32 Å². The predicted octanol–water partition coefficient (Wildman–Crippen LogP) is 2.55. The average molecular weight is 310 g/mol. The smallest absolute Gasteiger partial charge is 0.238 e. The fourth-order valence-corrected chi connectivity index (χ4v) is 3.65. The van der Waals surface area contributed by atoms with Gasteiger partial charge in [0.1, 0.15) is 0 Å². The van der Waals surface area contributed by atoms with Gasteiger partial charge in [0.25, 0.3) is 0 Å². The van der Waals surface area contributed by atoms with E-state index in [1.807, 2.05) is 0 Å². The minimum atomic E-state index is -3.77. The zero-order valence-electron chi connectivity index (χ0n) is 12.3. The Kier molecular flexibility index (Phi) is 5.00. The fraction of sp³-hybridized carbons (Fsp3) is 0.533. The van der Waals surface area contributed by atoms with E-state index in [-0.39, 0.29) is 10.8 Å². The summed E-state index contributed by atoms with van der Waals surface area (Å²) in [6.07, 6.45) is 6.34. The quantitative estimate of drug-likeness (QED) is 0.876.